The Hall–Kier alpha value is -0.570. The molecular formula is C17H37NO2. The summed E-state index contributed by atoms with van der Waals surface area (Å²) in [5.41, 5.74) is 0. The molecule has 122 valence electrons. The fourth-order valence-electron chi connectivity index (χ4n) is 2.64. The topological polar surface area (TPSA) is 40.1 Å². The van der Waals surface area contributed by atoms with Crippen LogP contribution < -0.4 is 5.11 Å². The summed E-state index contributed by atoms with van der Waals surface area (Å²) in [6.07, 6.45) is 11.1. The second-order valence-corrected chi connectivity index (χ2v) is 5.75. The van der Waals surface area contributed by atoms with Crippen LogP contribution in [0.4, 0.5) is 0 Å². The van der Waals surface area contributed by atoms with E-state index < -0.39 is 6.47 Å². The van der Waals surface area contributed by atoms with Crippen LogP contribution in [-0.4, -0.2) is 37.1 Å². The molecule has 0 rings (SSSR count). The minimum Gasteiger partial charge on any atom is -0.554 e. The van der Waals surface area contributed by atoms with Gasteiger partial charge in [0.15, 0.2) is 0 Å². The van der Waals surface area contributed by atoms with E-state index in [-0.39, 0.29) is 0 Å². The molecule has 0 bridgehead atoms. The number of quaternary nitrogens is 1. The van der Waals surface area contributed by atoms with E-state index in [9.17, 15) is 0 Å². The number of carbonyl (C=O) groups is 1. The molecule has 0 heterocycles. The number of hydrogen-bond donors (Lipinski definition) is 0. The second-order valence-electron chi connectivity index (χ2n) is 5.75. The van der Waals surface area contributed by atoms with Crippen molar-refractivity contribution in [3.8, 4) is 0 Å². The van der Waals surface area contributed by atoms with Crippen LogP contribution in [0.25, 0.3) is 0 Å². The molecule has 3 heteroatoms. The van der Waals surface area contributed by atoms with Crippen molar-refractivity contribution in [2.24, 2.45) is 0 Å². The first-order valence-corrected chi connectivity index (χ1v) is 8.56. The van der Waals surface area contributed by atoms with Gasteiger partial charge in [-0.05, 0) is 25.7 Å². The van der Waals surface area contributed by atoms with Crippen molar-refractivity contribution in [2.75, 3.05) is 26.2 Å². The minimum absolute atomic E-state index is 0.500. The van der Waals surface area contributed by atoms with Crippen molar-refractivity contribution >= 4 is 6.47 Å². The van der Waals surface area contributed by atoms with Gasteiger partial charge in [-0.15, -0.1) is 0 Å². The molecule has 0 N–H and O–H groups in total. The van der Waals surface area contributed by atoms with Crippen LogP contribution in [-0.2, 0) is 4.79 Å². The normalized spacial score (nSPS) is 10.8. The first-order valence-electron chi connectivity index (χ1n) is 8.56. The van der Waals surface area contributed by atoms with Gasteiger partial charge in [0.2, 0.25) is 0 Å². The van der Waals surface area contributed by atoms with Crippen LogP contribution in [0.1, 0.15) is 79.1 Å². The zero-order valence-corrected chi connectivity index (χ0v) is 14.3. The van der Waals surface area contributed by atoms with E-state index in [0.717, 1.165) is 0 Å². The monoisotopic (exact) mass is 287 g/mol. The van der Waals surface area contributed by atoms with Crippen molar-refractivity contribution in [3.05, 3.63) is 0 Å². The number of carbonyl (C=O) groups excluding carboxylic acids is 1. The van der Waals surface area contributed by atoms with Gasteiger partial charge in [0.05, 0.1) is 26.2 Å². The molecular weight excluding hydrogens is 250 g/mol. The van der Waals surface area contributed by atoms with Crippen molar-refractivity contribution < 1.29 is 14.4 Å². The van der Waals surface area contributed by atoms with E-state index in [0.29, 0.717) is 0 Å². The third-order valence-corrected chi connectivity index (χ3v) is 3.94. The van der Waals surface area contributed by atoms with Gasteiger partial charge in [0, 0.05) is 6.47 Å². The summed E-state index contributed by atoms with van der Waals surface area (Å²) in [5, 5.41) is 8.25. The second kappa shape index (κ2) is 16.5. The maximum atomic E-state index is 8.25. The maximum Gasteiger partial charge on any atom is 0.0786 e. The Morgan fingerprint density at radius 1 is 0.700 bits per heavy atom. The SMILES string of the molecule is CCCC[N+](CCCC)(CCCC)CCCC.O=C[O-]. The Bertz CT molecular complexity index is 158. The zero-order valence-electron chi connectivity index (χ0n) is 14.3. The molecule has 0 atom stereocenters. The minimum atomic E-state index is -0.500. The van der Waals surface area contributed by atoms with Crippen molar-refractivity contribution in [3.63, 3.8) is 0 Å². The molecule has 0 radical (unpaired) electrons. The summed E-state index contributed by atoms with van der Waals surface area (Å²) >= 11 is 0. The fourth-order valence-corrected chi connectivity index (χ4v) is 2.64. The van der Waals surface area contributed by atoms with E-state index >= 15 is 0 Å². The van der Waals surface area contributed by atoms with Crippen LogP contribution in [0.15, 0.2) is 0 Å². The van der Waals surface area contributed by atoms with Gasteiger partial charge in [0.1, 0.15) is 0 Å². The van der Waals surface area contributed by atoms with E-state index in [1.165, 1.54) is 82.0 Å². The van der Waals surface area contributed by atoms with Crippen LogP contribution in [0.2, 0.25) is 0 Å². The molecule has 0 aliphatic heterocycles. The Balaban J connectivity index is 0. The van der Waals surface area contributed by atoms with Gasteiger partial charge in [-0.3, -0.25) is 0 Å². The number of nitrogens with zero attached hydrogens (tertiary/aromatic N) is 1. The average Bonchev–Trinajstić information content (AvgIpc) is 2.46. The Morgan fingerprint density at radius 2 is 0.900 bits per heavy atom. The Kier molecular flexibility index (Phi) is 17.9. The molecule has 0 aliphatic carbocycles. The third-order valence-electron chi connectivity index (χ3n) is 3.94. The zero-order chi connectivity index (χ0) is 15.7. The average molecular weight is 287 g/mol. The number of hydrogen-bond acceptors (Lipinski definition) is 2. The largest absolute Gasteiger partial charge is 0.554 e. The first-order chi connectivity index (χ1) is 9.66. The van der Waals surface area contributed by atoms with Crippen LogP contribution >= 0.6 is 0 Å². The summed E-state index contributed by atoms with van der Waals surface area (Å²) in [6.45, 7) is 14.5. The number of rotatable bonds is 12. The van der Waals surface area contributed by atoms with E-state index in [1.54, 1.807) is 0 Å². The maximum absolute atomic E-state index is 8.25. The molecule has 0 saturated carbocycles. The lowest BCUT2D eigenvalue weighted by atomic mass is 10.1. The highest BCUT2D eigenvalue weighted by molar-refractivity contribution is 5.29. The first kappa shape index (κ1) is 21.7. The van der Waals surface area contributed by atoms with Gasteiger partial charge in [-0.25, -0.2) is 0 Å². The molecule has 20 heavy (non-hydrogen) atoms. The predicted molar refractivity (Wildman–Crippen MR) is 85.4 cm³/mol. The summed E-state index contributed by atoms with van der Waals surface area (Å²) in [6, 6.07) is 0. The lowest BCUT2D eigenvalue weighted by molar-refractivity contribution is -0.929. The van der Waals surface area contributed by atoms with Gasteiger partial charge < -0.3 is 14.4 Å². The van der Waals surface area contributed by atoms with Gasteiger partial charge in [-0.2, -0.15) is 0 Å². The van der Waals surface area contributed by atoms with Gasteiger partial charge >= 0.3 is 0 Å². The van der Waals surface area contributed by atoms with Crippen LogP contribution in [0, 0.1) is 0 Å². The standard InChI is InChI=1S/C16H36N.CH2O2/c1-5-9-13-17(14-10-6-2,15-11-7-3)16-12-8-4;2-1-3/h5-16H2,1-4H3;1H,(H,2,3)/q+1;/p-1. The van der Waals surface area contributed by atoms with Gasteiger partial charge in [-0.1, -0.05) is 53.4 Å². The highest BCUT2D eigenvalue weighted by Gasteiger charge is 2.24. The number of carboxylic acid groups (broad SMARTS) is 1. The smallest absolute Gasteiger partial charge is 0.0786 e. The van der Waals surface area contributed by atoms with Crippen LogP contribution in [0.3, 0.4) is 0 Å². The molecule has 0 aromatic rings. The van der Waals surface area contributed by atoms with Crippen LogP contribution in [0.5, 0.6) is 0 Å². The highest BCUT2D eigenvalue weighted by atomic mass is 16.3. The van der Waals surface area contributed by atoms with Crippen molar-refractivity contribution in [1.82, 2.24) is 0 Å². The lowest BCUT2D eigenvalue weighted by Crippen LogP contribution is -2.50. The molecule has 0 fully saturated rings. The molecule has 0 saturated heterocycles. The molecule has 0 aliphatic rings. The summed E-state index contributed by atoms with van der Waals surface area (Å²) < 4.78 is 1.42. The summed E-state index contributed by atoms with van der Waals surface area (Å²) in [5.74, 6) is 0. The molecule has 3 nitrogen and oxygen atoms in total. The molecule has 0 aromatic carbocycles. The lowest BCUT2D eigenvalue weighted by Gasteiger charge is -2.39. The predicted octanol–water partition coefficient (Wildman–Crippen LogP) is 3.37. The highest BCUT2D eigenvalue weighted by Crippen LogP contribution is 2.16. The molecule has 0 unspecified atom stereocenters. The number of unbranched alkanes of at least 4 members (excludes halogenated alkanes) is 4. The van der Waals surface area contributed by atoms with E-state index in [1.807, 2.05) is 0 Å². The van der Waals surface area contributed by atoms with E-state index in [4.69, 9.17) is 9.90 Å². The van der Waals surface area contributed by atoms with Crippen molar-refractivity contribution in [2.45, 2.75) is 79.1 Å². The summed E-state index contributed by atoms with van der Waals surface area (Å²) in [4.78, 5) is 8.25. The van der Waals surface area contributed by atoms with Gasteiger partial charge in [0.25, 0.3) is 0 Å². The third kappa shape index (κ3) is 12.5. The summed E-state index contributed by atoms with van der Waals surface area (Å²) in [7, 11) is 0. The Labute approximate surface area is 127 Å². The quantitative estimate of drug-likeness (QED) is 0.408. The Morgan fingerprint density at radius 3 is 1.05 bits per heavy atom. The molecule has 0 amide bonds. The molecule has 0 spiro atoms. The fraction of sp³-hybridized carbons (Fsp3) is 0.941. The van der Waals surface area contributed by atoms with Crippen molar-refractivity contribution in [1.29, 1.82) is 0 Å². The molecule has 0 aromatic heterocycles. The van der Waals surface area contributed by atoms with E-state index in [2.05, 4.69) is 27.7 Å².